The first-order chi connectivity index (χ1) is 26.2. The monoisotopic (exact) mass is 770 g/mol. The number of aliphatic hydroxyl groups is 2. The number of hydrogen-bond donors (Lipinski definition) is 7. The molecule has 7 N–H and O–H groups in total. The summed E-state index contributed by atoms with van der Waals surface area (Å²) in [6.07, 6.45) is -5.53. The predicted octanol–water partition coefficient (Wildman–Crippen LogP) is 0.0163. The maximum absolute atomic E-state index is 14.1. The number of carbonyl (C=O) groups excluding carboxylic acids is 4. The first kappa shape index (κ1) is 40.5. The molecule has 17 nitrogen and oxygen atoms in total. The number of hydrogen-bond acceptors (Lipinski definition) is 15. The number of morpholine rings is 1. The Morgan fingerprint density at radius 2 is 1.76 bits per heavy atom. The third-order valence-corrected chi connectivity index (χ3v) is 10.7. The Kier molecular flexibility index (Phi) is 12.1. The predicted molar refractivity (Wildman–Crippen MR) is 193 cm³/mol. The van der Waals surface area contributed by atoms with E-state index in [9.17, 15) is 39.6 Å². The summed E-state index contributed by atoms with van der Waals surface area (Å²) in [5.74, 6) is -3.93. The van der Waals surface area contributed by atoms with Gasteiger partial charge in [0, 0.05) is 81.3 Å². The van der Waals surface area contributed by atoms with Gasteiger partial charge in [-0.05, 0) is 13.0 Å². The smallest absolute Gasteiger partial charge is 0.252 e. The Labute approximate surface area is 318 Å². The van der Waals surface area contributed by atoms with Gasteiger partial charge >= 0.3 is 0 Å². The number of nitrogens with one attached hydrogen (secondary N) is 3. The molecule has 2 heterocycles. The number of fused-ring (bicyclic) bond motifs is 3. The zero-order chi connectivity index (χ0) is 39.8. The Hall–Kier alpha value is -4.20. The molecule has 7 atom stereocenters. The van der Waals surface area contributed by atoms with Crippen LogP contribution in [0.2, 0.25) is 0 Å². The van der Waals surface area contributed by atoms with Crippen LogP contribution in [0.15, 0.2) is 18.2 Å². The van der Waals surface area contributed by atoms with Gasteiger partial charge in [-0.3, -0.25) is 24.1 Å². The molecule has 5 unspecified atom stereocenters. The molecule has 4 aliphatic rings. The summed E-state index contributed by atoms with van der Waals surface area (Å²) in [6, 6.07) is 4.03. The number of ether oxygens (including phenoxy) is 5. The Morgan fingerprint density at radius 1 is 1.04 bits per heavy atom. The summed E-state index contributed by atoms with van der Waals surface area (Å²) in [6.45, 7) is 6.76. The average molecular weight is 771 g/mol. The molecule has 0 radical (unpaired) electrons. The van der Waals surface area contributed by atoms with E-state index in [0.717, 1.165) is 0 Å². The van der Waals surface area contributed by atoms with Gasteiger partial charge in [0.2, 0.25) is 11.7 Å². The van der Waals surface area contributed by atoms with Crippen LogP contribution in [0.3, 0.4) is 0 Å². The Balaban J connectivity index is 1.34. The minimum Gasteiger partial charge on any atom is -0.507 e. The molecular weight excluding hydrogens is 720 g/mol. The number of phenolic OH excluding ortho intramolecular Hbond substituents is 2. The van der Waals surface area contributed by atoms with Crippen molar-refractivity contribution in [2.75, 3.05) is 53.6 Å². The van der Waals surface area contributed by atoms with Gasteiger partial charge in [-0.2, -0.15) is 0 Å². The van der Waals surface area contributed by atoms with Crippen LogP contribution in [0, 0.1) is 0 Å². The van der Waals surface area contributed by atoms with Crippen molar-refractivity contribution in [2.45, 2.75) is 88.6 Å². The van der Waals surface area contributed by atoms with Crippen LogP contribution in [-0.4, -0.2) is 145 Å². The van der Waals surface area contributed by atoms with Gasteiger partial charge in [0.25, 0.3) is 5.91 Å². The number of phenols is 2. The largest absolute Gasteiger partial charge is 0.507 e. The van der Waals surface area contributed by atoms with Gasteiger partial charge in [-0.25, -0.2) is 0 Å². The molecule has 2 aliphatic heterocycles. The fourth-order valence-electron chi connectivity index (χ4n) is 7.85. The molecule has 0 bridgehead atoms. The van der Waals surface area contributed by atoms with E-state index in [-0.39, 0.29) is 66.0 Å². The number of ketones is 2. The summed E-state index contributed by atoms with van der Waals surface area (Å²) in [7, 11) is 2.86. The molecule has 0 spiro atoms. The van der Waals surface area contributed by atoms with Crippen LogP contribution in [0.5, 0.6) is 17.2 Å². The zero-order valence-electron chi connectivity index (χ0n) is 31.5. The van der Waals surface area contributed by atoms with Gasteiger partial charge in [-0.15, -0.1) is 0 Å². The van der Waals surface area contributed by atoms with Crippen molar-refractivity contribution >= 4 is 23.4 Å². The van der Waals surface area contributed by atoms with E-state index in [1.807, 2.05) is 18.7 Å². The quantitative estimate of drug-likeness (QED) is 0.0950. The Bertz CT molecular complexity index is 1820. The van der Waals surface area contributed by atoms with E-state index >= 15 is 0 Å². The van der Waals surface area contributed by atoms with Crippen molar-refractivity contribution in [1.29, 1.82) is 0 Å². The van der Waals surface area contributed by atoms with Crippen LogP contribution in [-0.2, 0) is 35.0 Å². The van der Waals surface area contributed by atoms with Crippen molar-refractivity contribution in [3.63, 3.8) is 0 Å². The van der Waals surface area contributed by atoms with Crippen LogP contribution < -0.4 is 20.7 Å². The van der Waals surface area contributed by atoms with Gasteiger partial charge in [0.1, 0.15) is 22.8 Å². The highest BCUT2D eigenvalue weighted by molar-refractivity contribution is 6.31. The first-order valence-electron chi connectivity index (χ1n) is 18.4. The van der Waals surface area contributed by atoms with Crippen molar-refractivity contribution < 1.29 is 63.3 Å². The average Bonchev–Trinajstić information content (AvgIpc) is 3.16. The SMILES string of the molecule is COc1cccc2c1C(=O)c1c(O)c3c(c(O)c1C2=O)C[C@@](O)(C(=O)NCCNC(=O)CNC(C)C)C[C@@H]3OC1CC(N2CCOC(OC)C2)C(O)C(C)O1. The van der Waals surface area contributed by atoms with Gasteiger partial charge in [0.05, 0.1) is 55.3 Å². The van der Waals surface area contributed by atoms with E-state index in [4.69, 9.17) is 23.7 Å². The zero-order valence-corrected chi connectivity index (χ0v) is 31.5. The summed E-state index contributed by atoms with van der Waals surface area (Å²) < 4.78 is 28.9. The van der Waals surface area contributed by atoms with Gasteiger partial charge in [0.15, 0.2) is 18.4 Å². The maximum Gasteiger partial charge on any atom is 0.252 e. The second kappa shape index (κ2) is 16.5. The van der Waals surface area contributed by atoms with E-state index in [0.29, 0.717) is 19.7 Å². The van der Waals surface area contributed by atoms with Crippen molar-refractivity contribution in [3.05, 3.63) is 51.6 Å². The second-order valence-corrected chi connectivity index (χ2v) is 14.7. The fraction of sp³-hybridized carbons (Fsp3) is 0.579. The minimum atomic E-state index is -2.27. The number of rotatable bonds is 12. The first-order valence-corrected chi connectivity index (χ1v) is 18.4. The lowest BCUT2D eigenvalue weighted by Crippen LogP contribution is -2.59. The standard InChI is InChI=1S/C38H50N4O13/c1-18(2)41-16-25(43)39-9-10-40-37(49)38(50)14-21-29(36(48)31-30(34(21)46)33(45)20-7-6-8-23(51-4)28(20)35(31)47)24(15-38)55-26-13-22(32(44)19(3)54-26)42-11-12-53-27(17-42)52-5/h6-8,18-19,22,24,26-27,32,41,44,46,48,50H,9-17H2,1-5H3,(H,39,43)(H,40,49)/t19?,22?,24-,26?,27?,32?,38-/m0/s1. The van der Waals surface area contributed by atoms with Gasteiger partial charge < -0.3 is 60.1 Å². The highest BCUT2D eigenvalue weighted by Crippen LogP contribution is 2.52. The molecule has 17 heteroatoms. The topological polar surface area (TPSA) is 235 Å². The number of methoxy groups -OCH3 is 2. The van der Waals surface area contributed by atoms with Crippen LogP contribution in [0.1, 0.15) is 82.7 Å². The Morgan fingerprint density at radius 3 is 2.47 bits per heavy atom. The number of aromatic hydroxyl groups is 2. The highest BCUT2D eigenvalue weighted by Gasteiger charge is 2.51. The van der Waals surface area contributed by atoms with Crippen LogP contribution >= 0.6 is 0 Å². The van der Waals surface area contributed by atoms with Crippen LogP contribution in [0.4, 0.5) is 0 Å². The second-order valence-electron chi connectivity index (χ2n) is 14.7. The minimum absolute atomic E-state index is 0.0508. The highest BCUT2D eigenvalue weighted by atomic mass is 16.7. The van der Waals surface area contributed by atoms with E-state index in [2.05, 4.69) is 16.0 Å². The summed E-state index contributed by atoms with van der Waals surface area (Å²) in [5, 5.41) is 55.3. The number of carbonyl (C=O) groups is 4. The molecule has 2 aliphatic carbocycles. The molecule has 2 saturated heterocycles. The lowest BCUT2D eigenvalue weighted by molar-refractivity contribution is -0.266. The molecule has 2 aromatic carbocycles. The molecule has 6 rings (SSSR count). The van der Waals surface area contributed by atoms with E-state index < -0.39 is 95.5 Å². The molecule has 55 heavy (non-hydrogen) atoms. The lowest BCUT2D eigenvalue weighted by atomic mass is 9.72. The normalized spacial score (nSPS) is 27.9. The van der Waals surface area contributed by atoms with Crippen molar-refractivity contribution in [2.24, 2.45) is 0 Å². The van der Waals surface area contributed by atoms with Crippen LogP contribution in [0.25, 0.3) is 0 Å². The number of amides is 2. The molecule has 2 amide bonds. The van der Waals surface area contributed by atoms with Crippen molar-refractivity contribution in [3.8, 4) is 17.2 Å². The summed E-state index contributed by atoms with van der Waals surface area (Å²) in [4.78, 5) is 55.9. The molecular formula is C38H50N4O13. The molecule has 2 aromatic rings. The third kappa shape index (κ3) is 7.93. The number of nitrogens with zero attached hydrogens (tertiary/aromatic N) is 1. The molecule has 300 valence electrons. The number of aliphatic hydroxyl groups excluding tert-OH is 1. The summed E-state index contributed by atoms with van der Waals surface area (Å²) in [5.41, 5.74) is -3.61. The molecule has 0 saturated carbocycles. The fourth-order valence-corrected chi connectivity index (χ4v) is 7.85. The molecule has 2 fully saturated rings. The third-order valence-electron chi connectivity index (χ3n) is 10.7. The number of benzene rings is 2. The van der Waals surface area contributed by atoms with Crippen molar-refractivity contribution in [1.82, 2.24) is 20.9 Å². The molecule has 0 aromatic heterocycles. The van der Waals surface area contributed by atoms with E-state index in [1.165, 1.54) is 32.4 Å². The lowest BCUT2D eigenvalue weighted by Gasteiger charge is -2.47. The van der Waals surface area contributed by atoms with Gasteiger partial charge in [-0.1, -0.05) is 26.0 Å². The van der Waals surface area contributed by atoms with E-state index in [1.54, 1.807) is 6.92 Å². The summed E-state index contributed by atoms with van der Waals surface area (Å²) >= 11 is 0. The maximum atomic E-state index is 14.1.